The summed E-state index contributed by atoms with van der Waals surface area (Å²) in [5.74, 6) is 0.831. The number of esters is 1. The first kappa shape index (κ1) is 14.7. The van der Waals surface area contributed by atoms with Crippen molar-refractivity contribution in [3.05, 3.63) is 40.9 Å². The molecule has 1 aromatic carbocycles. The van der Waals surface area contributed by atoms with Crippen LogP contribution in [-0.4, -0.2) is 21.6 Å². The van der Waals surface area contributed by atoms with Gasteiger partial charge in [-0.2, -0.15) is 0 Å². The zero-order chi connectivity index (χ0) is 17.0. The maximum Gasteiger partial charge on any atom is 0.326 e. The van der Waals surface area contributed by atoms with Crippen molar-refractivity contribution in [3.63, 3.8) is 0 Å². The molecular weight excluding hydrogens is 320 g/mol. The number of ether oxygens (including phenoxy) is 1. The fourth-order valence-electron chi connectivity index (χ4n) is 4.40. The van der Waals surface area contributed by atoms with Gasteiger partial charge in [0.25, 0.3) is 5.56 Å². The van der Waals surface area contributed by atoms with E-state index in [1.165, 1.54) is 23.7 Å². The van der Waals surface area contributed by atoms with Crippen molar-refractivity contribution in [2.75, 3.05) is 0 Å². The van der Waals surface area contributed by atoms with Crippen LogP contribution in [-0.2, 0) is 16.1 Å². The highest BCUT2D eigenvalue weighted by molar-refractivity contribution is 6.01. The highest BCUT2D eigenvalue weighted by Crippen LogP contribution is 2.45. The number of fused-ring (bicyclic) bond motifs is 5. The highest BCUT2D eigenvalue weighted by Gasteiger charge is 2.41. The second-order valence-corrected chi connectivity index (χ2v) is 7.16. The molecule has 3 aromatic rings. The van der Waals surface area contributed by atoms with Gasteiger partial charge in [-0.3, -0.25) is 14.2 Å². The van der Waals surface area contributed by atoms with E-state index in [9.17, 15) is 9.59 Å². The fourth-order valence-corrected chi connectivity index (χ4v) is 4.40. The molecule has 2 aliphatic rings. The molecule has 2 bridgehead atoms. The van der Waals surface area contributed by atoms with Gasteiger partial charge in [-0.1, -0.05) is 12.1 Å². The highest BCUT2D eigenvalue weighted by atomic mass is 16.5. The minimum atomic E-state index is -0.378. The third-order valence-corrected chi connectivity index (χ3v) is 5.61. The smallest absolute Gasteiger partial charge is 0.326 e. The van der Waals surface area contributed by atoms with Crippen molar-refractivity contribution in [2.45, 2.75) is 38.3 Å². The molecule has 0 saturated heterocycles. The van der Waals surface area contributed by atoms with Gasteiger partial charge in [-0.15, -0.1) is 0 Å². The monoisotopic (exact) mass is 338 g/mol. The average Bonchev–Trinajstić information content (AvgIpc) is 3.31. The minimum Gasteiger partial charge on any atom is -0.461 e. The van der Waals surface area contributed by atoms with Crippen molar-refractivity contribution in [3.8, 4) is 0 Å². The first-order valence-corrected chi connectivity index (χ1v) is 8.75. The first-order valence-electron chi connectivity index (χ1n) is 8.75. The lowest BCUT2D eigenvalue weighted by atomic mass is 9.98. The molecule has 2 aliphatic carbocycles. The number of benzene rings is 1. The molecule has 128 valence electrons. The maximum atomic E-state index is 12.6. The number of carbonyl (C=O) groups is 1. The second kappa shape index (κ2) is 5.44. The van der Waals surface area contributed by atoms with E-state index >= 15 is 0 Å². The number of furan rings is 1. The Morgan fingerprint density at radius 2 is 2.16 bits per heavy atom. The van der Waals surface area contributed by atoms with Crippen LogP contribution < -0.4 is 5.56 Å². The van der Waals surface area contributed by atoms with Gasteiger partial charge >= 0.3 is 5.97 Å². The standard InChI is InChI=1S/C19H18N2O4/c22-16(24-15-8-11-5-6-12(15)7-11)9-21-10-20-17-13-3-1-2-4-14(13)25-18(17)19(21)23/h1-4,10-12,15H,5-9H2. The Bertz CT molecular complexity index is 1030. The molecule has 3 unspecified atom stereocenters. The zero-order valence-corrected chi connectivity index (χ0v) is 13.7. The summed E-state index contributed by atoms with van der Waals surface area (Å²) in [5, 5.41) is 0.798. The van der Waals surface area contributed by atoms with Gasteiger partial charge in [0.1, 0.15) is 23.7 Å². The zero-order valence-electron chi connectivity index (χ0n) is 13.7. The van der Waals surface area contributed by atoms with Crippen molar-refractivity contribution < 1.29 is 13.9 Å². The lowest BCUT2D eigenvalue weighted by Crippen LogP contribution is -2.30. The van der Waals surface area contributed by atoms with Gasteiger partial charge < -0.3 is 9.15 Å². The quantitative estimate of drug-likeness (QED) is 0.687. The van der Waals surface area contributed by atoms with Crippen LogP contribution in [0.5, 0.6) is 0 Å². The number of nitrogens with zero attached hydrogens (tertiary/aromatic N) is 2. The summed E-state index contributed by atoms with van der Waals surface area (Å²) >= 11 is 0. The summed E-state index contributed by atoms with van der Waals surface area (Å²) in [5.41, 5.74) is 0.963. The summed E-state index contributed by atoms with van der Waals surface area (Å²) in [6.07, 6.45) is 5.95. The molecule has 5 rings (SSSR count). The SMILES string of the molecule is O=C(Cn1cnc2c(oc3ccccc32)c1=O)OC1CC2CCC1C2. The minimum absolute atomic E-state index is 0.0184. The van der Waals surface area contributed by atoms with Crippen molar-refractivity contribution in [2.24, 2.45) is 11.8 Å². The molecule has 0 spiro atoms. The molecule has 0 amide bonds. The molecule has 6 nitrogen and oxygen atoms in total. The first-order chi connectivity index (χ1) is 12.2. The van der Waals surface area contributed by atoms with Crippen molar-refractivity contribution >= 4 is 28.0 Å². The summed E-state index contributed by atoms with van der Waals surface area (Å²) in [6.45, 7) is -0.132. The summed E-state index contributed by atoms with van der Waals surface area (Å²) < 4.78 is 12.5. The summed E-state index contributed by atoms with van der Waals surface area (Å²) in [7, 11) is 0. The number of hydrogen-bond donors (Lipinski definition) is 0. The molecule has 0 radical (unpaired) electrons. The van der Waals surface area contributed by atoms with E-state index < -0.39 is 0 Å². The maximum absolute atomic E-state index is 12.6. The largest absolute Gasteiger partial charge is 0.461 e. The third-order valence-electron chi connectivity index (χ3n) is 5.61. The van der Waals surface area contributed by atoms with Gasteiger partial charge in [0.2, 0.25) is 5.58 Å². The molecule has 2 saturated carbocycles. The summed E-state index contributed by atoms with van der Waals surface area (Å²) in [4.78, 5) is 29.2. The average molecular weight is 338 g/mol. The third kappa shape index (κ3) is 2.35. The Kier molecular flexibility index (Phi) is 3.20. The van der Waals surface area contributed by atoms with E-state index in [0.29, 0.717) is 22.9 Å². The Labute approximate surface area is 143 Å². The number of rotatable bonds is 3. The van der Waals surface area contributed by atoms with E-state index in [0.717, 1.165) is 18.2 Å². The van der Waals surface area contributed by atoms with Gasteiger partial charge in [0.05, 0.1) is 6.33 Å². The van der Waals surface area contributed by atoms with Crippen LogP contribution in [0.1, 0.15) is 25.7 Å². The molecule has 0 aliphatic heterocycles. The van der Waals surface area contributed by atoms with Crippen LogP contribution >= 0.6 is 0 Å². The van der Waals surface area contributed by atoms with E-state index in [2.05, 4.69) is 4.98 Å². The second-order valence-electron chi connectivity index (χ2n) is 7.16. The molecule has 25 heavy (non-hydrogen) atoms. The van der Waals surface area contributed by atoms with E-state index in [-0.39, 0.29) is 29.8 Å². The fraction of sp³-hybridized carbons (Fsp3) is 0.421. The van der Waals surface area contributed by atoms with Crippen LogP contribution in [0.2, 0.25) is 0 Å². The van der Waals surface area contributed by atoms with Gasteiger partial charge in [0.15, 0.2) is 0 Å². The predicted octanol–water partition coefficient (Wildman–Crippen LogP) is 2.87. The van der Waals surface area contributed by atoms with E-state index in [1.54, 1.807) is 6.07 Å². The van der Waals surface area contributed by atoms with Crippen LogP contribution in [0.3, 0.4) is 0 Å². The van der Waals surface area contributed by atoms with Crippen LogP contribution in [0.15, 0.2) is 39.8 Å². The molecule has 6 heteroatoms. The van der Waals surface area contributed by atoms with Gasteiger partial charge in [0, 0.05) is 5.39 Å². The molecule has 2 aromatic heterocycles. The molecule has 0 N–H and O–H groups in total. The lowest BCUT2D eigenvalue weighted by Gasteiger charge is -2.21. The number of aromatic nitrogens is 2. The Morgan fingerprint density at radius 3 is 2.96 bits per heavy atom. The predicted molar refractivity (Wildman–Crippen MR) is 91.1 cm³/mol. The number of carbonyl (C=O) groups excluding carboxylic acids is 1. The normalized spacial score (nSPS) is 25.0. The van der Waals surface area contributed by atoms with E-state index in [4.69, 9.17) is 9.15 Å². The Hall–Kier alpha value is -2.63. The molecule has 2 heterocycles. The van der Waals surface area contributed by atoms with Crippen molar-refractivity contribution in [1.82, 2.24) is 9.55 Å². The van der Waals surface area contributed by atoms with Crippen LogP contribution in [0, 0.1) is 11.8 Å². The van der Waals surface area contributed by atoms with Crippen LogP contribution in [0.4, 0.5) is 0 Å². The molecule has 2 fully saturated rings. The van der Waals surface area contributed by atoms with Gasteiger partial charge in [-0.25, -0.2) is 4.98 Å². The Balaban J connectivity index is 1.41. The topological polar surface area (TPSA) is 74.3 Å². The molecular formula is C19H18N2O4. The Morgan fingerprint density at radius 1 is 1.28 bits per heavy atom. The summed E-state index contributed by atoms with van der Waals surface area (Å²) in [6, 6.07) is 7.37. The van der Waals surface area contributed by atoms with Gasteiger partial charge in [-0.05, 0) is 49.7 Å². The van der Waals surface area contributed by atoms with Crippen LogP contribution in [0.25, 0.3) is 22.1 Å². The molecule has 3 atom stereocenters. The van der Waals surface area contributed by atoms with E-state index in [1.807, 2.05) is 18.2 Å². The number of hydrogen-bond acceptors (Lipinski definition) is 5. The number of para-hydroxylation sites is 1. The van der Waals surface area contributed by atoms with Crippen molar-refractivity contribution in [1.29, 1.82) is 0 Å². The lowest BCUT2D eigenvalue weighted by molar-refractivity contribution is -0.152.